The molecule has 2 aromatic carbocycles. The minimum atomic E-state index is 0.0281. The van der Waals surface area contributed by atoms with Gasteiger partial charge in [-0.05, 0) is 11.5 Å². The lowest BCUT2D eigenvalue weighted by molar-refractivity contribution is -0.130. The van der Waals surface area contributed by atoms with Crippen LogP contribution < -0.4 is 5.32 Å². The summed E-state index contributed by atoms with van der Waals surface area (Å²) in [6.45, 7) is 5.50. The van der Waals surface area contributed by atoms with Gasteiger partial charge in [0, 0.05) is 57.1 Å². The first kappa shape index (κ1) is 16.5. The van der Waals surface area contributed by atoms with Crippen LogP contribution in [0.25, 0.3) is 10.8 Å². The molecule has 1 aliphatic heterocycles. The Labute approximate surface area is 142 Å². The fourth-order valence-corrected chi connectivity index (χ4v) is 3.09. The maximum atomic E-state index is 12.3. The van der Waals surface area contributed by atoms with Gasteiger partial charge in [0.15, 0.2) is 0 Å². The monoisotopic (exact) mass is 325 g/mol. The average Bonchev–Trinajstić information content (AvgIpc) is 2.61. The minimum Gasteiger partial charge on any atom is -0.340 e. The third-order valence-electron chi connectivity index (χ3n) is 4.54. The number of rotatable bonds is 4. The molecule has 0 unspecified atom stereocenters. The Morgan fingerprint density at radius 3 is 2.46 bits per heavy atom. The molecule has 0 atom stereocenters. The number of anilines is 1. The second-order valence-corrected chi connectivity index (χ2v) is 6.17. The molecule has 2 aromatic rings. The molecular weight excluding hydrogens is 302 g/mol. The van der Waals surface area contributed by atoms with E-state index in [0.29, 0.717) is 6.42 Å². The lowest BCUT2D eigenvalue weighted by atomic mass is 10.1. The Bertz CT molecular complexity index is 731. The molecule has 0 aromatic heterocycles. The quantitative estimate of drug-likeness (QED) is 0.939. The van der Waals surface area contributed by atoms with Crippen molar-refractivity contribution in [3.63, 3.8) is 0 Å². The number of fused-ring (bicyclic) bond motifs is 1. The van der Waals surface area contributed by atoms with Crippen LogP contribution in [-0.4, -0.2) is 54.3 Å². The van der Waals surface area contributed by atoms with E-state index in [0.717, 1.165) is 49.2 Å². The van der Waals surface area contributed by atoms with Crippen LogP contribution in [0.4, 0.5) is 5.69 Å². The normalized spacial score (nSPS) is 15.5. The molecule has 0 bridgehead atoms. The van der Waals surface area contributed by atoms with E-state index in [2.05, 4.69) is 10.2 Å². The molecule has 0 radical (unpaired) electrons. The van der Waals surface area contributed by atoms with Crippen molar-refractivity contribution in [1.82, 2.24) is 9.80 Å². The van der Waals surface area contributed by atoms with Gasteiger partial charge in [-0.2, -0.15) is 0 Å². The van der Waals surface area contributed by atoms with E-state index < -0.39 is 0 Å². The topological polar surface area (TPSA) is 52.7 Å². The highest BCUT2D eigenvalue weighted by atomic mass is 16.2. The summed E-state index contributed by atoms with van der Waals surface area (Å²) in [5, 5.41) is 5.20. The van der Waals surface area contributed by atoms with Crippen molar-refractivity contribution in [2.24, 2.45) is 0 Å². The SMILES string of the molecule is CC(=O)N1CCN(CCC(=O)Nc2cccc3ccccc23)CC1. The molecule has 24 heavy (non-hydrogen) atoms. The zero-order chi connectivity index (χ0) is 16.9. The number of nitrogens with one attached hydrogen (secondary N) is 1. The predicted octanol–water partition coefficient (Wildman–Crippen LogP) is 2.33. The number of carbonyl (C=O) groups excluding carboxylic acids is 2. The second kappa shape index (κ2) is 7.45. The zero-order valence-electron chi connectivity index (χ0n) is 14.0. The number of amides is 2. The molecule has 126 valence electrons. The molecule has 1 fully saturated rings. The summed E-state index contributed by atoms with van der Waals surface area (Å²) in [6.07, 6.45) is 0.462. The van der Waals surface area contributed by atoms with Gasteiger partial charge in [0.2, 0.25) is 11.8 Å². The highest BCUT2D eigenvalue weighted by Gasteiger charge is 2.18. The van der Waals surface area contributed by atoms with Crippen LogP contribution in [0.2, 0.25) is 0 Å². The second-order valence-electron chi connectivity index (χ2n) is 6.17. The number of nitrogens with zero attached hydrogens (tertiary/aromatic N) is 2. The van der Waals surface area contributed by atoms with Crippen molar-refractivity contribution in [1.29, 1.82) is 0 Å². The third-order valence-corrected chi connectivity index (χ3v) is 4.54. The van der Waals surface area contributed by atoms with Crippen molar-refractivity contribution in [3.8, 4) is 0 Å². The first-order chi connectivity index (χ1) is 11.6. The van der Waals surface area contributed by atoms with E-state index in [4.69, 9.17) is 0 Å². The van der Waals surface area contributed by atoms with Crippen LogP contribution in [0.3, 0.4) is 0 Å². The van der Waals surface area contributed by atoms with E-state index in [1.807, 2.05) is 47.4 Å². The van der Waals surface area contributed by atoms with Crippen LogP contribution in [0, 0.1) is 0 Å². The summed E-state index contributed by atoms with van der Waals surface area (Å²) in [7, 11) is 0. The standard InChI is InChI=1S/C19H23N3O2/c1-15(23)22-13-11-21(12-14-22)10-9-19(24)20-18-8-4-6-16-5-2-3-7-17(16)18/h2-8H,9-14H2,1H3,(H,20,24). The third kappa shape index (κ3) is 3.92. The summed E-state index contributed by atoms with van der Waals surface area (Å²) in [6, 6.07) is 14.0. The number of hydrogen-bond donors (Lipinski definition) is 1. The fourth-order valence-electron chi connectivity index (χ4n) is 3.09. The largest absolute Gasteiger partial charge is 0.340 e. The van der Waals surface area contributed by atoms with Gasteiger partial charge in [-0.15, -0.1) is 0 Å². The summed E-state index contributed by atoms with van der Waals surface area (Å²) in [5.41, 5.74) is 0.861. The molecule has 0 saturated carbocycles. The molecule has 0 spiro atoms. The molecule has 0 aliphatic carbocycles. The molecule has 1 saturated heterocycles. The molecule has 2 amide bonds. The van der Waals surface area contributed by atoms with Crippen LogP contribution >= 0.6 is 0 Å². The van der Waals surface area contributed by atoms with E-state index in [9.17, 15) is 9.59 Å². The molecule has 5 heteroatoms. The van der Waals surface area contributed by atoms with Gasteiger partial charge >= 0.3 is 0 Å². The van der Waals surface area contributed by atoms with Gasteiger partial charge in [0.1, 0.15) is 0 Å². The smallest absolute Gasteiger partial charge is 0.225 e. The van der Waals surface area contributed by atoms with E-state index in [1.54, 1.807) is 6.92 Å². The highest BCUT2D eigenvalue weighted by Crippen LogP contribution is 2.23. The Kier molecular flexibility index (Phi) is 5.11. The molecular formula is C19H23N3O2. The van der Waals surface area contributed by atoms with Crippen LogP contribution in [0.15, 0.2) is 42.5 Å². The van der Waals surface area contributed by atoms with Gasteiger partial charge < -0.3 is 10.2 Å². The van der Waals surface area contributed by atoms with Crippen molar-refractivity contribution in [2.75, 3.05) is 38.0 Å². The molecule has 1 aliphatic rings. The average molecular weight is 325 g/mol. The van der Waals surface area contributed by atoms with Gasteiger partial charge in [0.05, 0.1) is 0 Å². The van der Waals surface area contributed by atoms with Gasteiger partial charge in [-0.1, -0.05) is 36.4 Å². The minimum absolute atomic E-state index is 0.0281. The first-order valence-corrected chi connectivity index (χ1v) is 8.39. The molecule has 3 rings (SSSR count). The van der Waals surface area contributed by atoms with E-state index >= 15 is 0 Å². The Balaban J connectivity index is 1.52. The van der Waals surface area contributed by atoms with Crippen LogP contribution in [0.1, 0.15) is 13.3 Å². The number of carbonyl (C=O) groups is 2. The lowest BCUT2D eigenvalue weighted by Crippen LogP contribution is -2.48. The van der Waals surface area contributed by atoms with E-state index in [-0.39, 0.29) is 11.8 Å². The van der Waals surface area contributed by atoms with Crippen molar-refractivity contribution >= 4 is 28.3 Å². The van der Waals surface area contributed by atoms with Crippen molar-refractivity contribution in [2.45, 2.75) is 13.3 Å². The fraction of sp³-hybridized carbons (Fsp3) is 0.368. The summed E-state index contributed by atoms with van der Waals surface area (Å²) in [4.78, 5) is 27.7. The summed E-state index contributed by atoms with van der Waals surface area (Å²) >= 11 is 0. The summed E-state index contributed by atoms with van der Waals surface area (Å²) < 4.78 is 0. The Morgan fingerprint density at radius 2 is 1.71 bits per heavy atom. The van der Waals surface area contributed by atoms with Gasteiger partial charge in [-0.25, -0.2) is 0 Å². The van der Waals surface area contributed by atoms with Crippen LogP contribution in [0.5, 0.6) is 0 Å². The maximum Gasteiger partial charge on any atom is 0.225 e. The highest BCUT2D eigenvalue weighted by molar-refractivity contribution is 6.02. The Hall–Kier alpha value is -2.40. The van der Waals surface area contributed by atoms with Crippen molar-refractivity contribution in [3.05, 3.63) is 42.5 Å². The molecule has 1 N–H and O–H groups in total. The van der Waals surface area contributed by atoms with Gasteiger partial charge in [-0.3, -0.25) is 14.5 Å². The summed E-state index contributed by atoms with van der Waals surface area (Å²) in [5.74, 6) is 0.156. The molecule has 5 nitrogen and oxygen atoms in total. The predicted molar refractivity (Wildman–Crippen MR) is 95.9 cm³/mol. The number of benzene rings is 2. The van der Waals surface area contributed by atoms with Gasteiger partial charge in [0.25, 0.3) is 0 Å². The van der Waals surface area contributed by atoms with Crippen molar-refractivity contribution < 1.29 is 9.59 Å². The zero-order valence-corrected chi connectivity index (χ0v) is 14.0. The molecule has 1 heterocycles. The van der Waals surface area contributed by atoms with E-state index in [1.165, 1.54) is 0 Å². The van der Waals surface area contributed by atoms with Crippen LogP contribution in [-0.2, 0) is 9.59 Å². The Morgan fingerprint density at radius 1 is 1.00 bits per heavy atom. The number of piperazine rings is 1. The lowest BCUT2D eigenvalue weighted by Gasteiger charge is -2.34. The number of hydrogen-bond acceptors (Lipinski definition) is 3. The maximum absolute atomic E-state index is 12.3. The first-order valence-electron chi connectivity index (χ1n) is 8.39.